The van der Waals surface area contributed by atoms with E-state index in [4.69, 9.17) is 14.2 Å². The Morgan fingerprint density at radius 3 is 2.57 bits per heavy atom. The summed E-state index contributed by atoms with van der Waals surface area (Å²) in [4.78, 5) is 70.9. The van der Waals surface area contributed by atoms with Crippen LogP contribution in [0.25, 0.3) is 22.2 Å². The number of benzene rings is 1. The zero-order valence-electron chi connectivity index (χ0n) is 41.1. The third kappa shape index (κ3) is 12.1. The number of likely N-dealkylation sites (N-methyl/N-ethyl adjacent to an activating group) is 1. The molecular weight excluding hydrogens is 896 g/mol. The molecule has 7 rings (SSSR count). The first-order chi connectivity index (χ1) is 32.8. The van der Waals surface area contributed by atoms with Gasteiger partial charge in [-0.3, -0.25) is 29.4 Å². The van der Waals surface area contributed by atoms with Crippen LogP contribution in [-0.2, 0) is 41.6 Å². The van der Waals surface area contributed by atoms with Gasteiger partial charge in [-0.25, -0.2) is 10.2 Å². The monoisotopic (exact) mass is 966 g/mol. The van der Waals surface area contributed by atoms with Gasteiger partial charge < -0.3 is 38.8 Å². The van der Waals surface area contributed by atoms with E-state index in [1.807, 2.05) is 46.8 Å². The Hall–Kier alpha value is -5.11. The molecular formula is C50H70F3N9O7. The van der Waals surface area contributed by atoms with Crippen molar-refractivity contribution < 1.29 is 46.6 Å². The predicted octanol–water partition coefficient (Wildman–Crippen LogP) is 6.13. The van der Waals surface area contributed by atoms with Crippen molar-refractivity contribution in [2.24, 2.45) is 16.3 Å². The molecule has 69 heavy (non-hydrogen) atoms. The number of alkyl halides is 3. The summed E-state index contributed by atoms with van der Waals surface area (Å²) in [5.74, 6) is -1.85. The fourth-order valence-electron chi connectivity index (χ4n) is 10.6. The number of hydrazine groups is 1. The third-order valence-corrected chi connectivity index (χ3v) is 14.0. The second kappa shape index (κ2) is 21.9. The number of aromatic nitrogens is 2. The van der Waals surface area contributed by atoms with Gasteiger partial charge >= 0.3 is 18.2 Å². The second-order valence-electron chi connectivity index (χ2n) is 20.3. The highest BCUT2D eigenvalue weighted by Crippen LogP contribution is 2.43. The molecule has 0 saturated carbocycles. The van der Waals surface area contributed by atoms with Crippen LogP contribution in [0.3, 0.4) is 0 Å². The van der Waals surface area contributed by atoms with E-state index in [0.717, 1.165) is 18.4 Å². The van der Waals surface area contributed by atoms with Crippen LogP contribution in [0, 0.1) is 11.3 Å². The van der Waals surface area contributed by atoms with Crippen molar-refractivity contribution in [2.45, 2.75) is 122 Å². The second-order valence-corrected chi connectivity index (χ2v) is 20.3. The molecule has 3 saturated heterocycles. The molecule has 19 heteroatoms. The molecule has 3 aromatic rings. The van der Waals surface area contributed by atoms with Crippen molar-refractivity contribution in [3.63, 3.8) is 0 Å². The molecule has 4 aliphatic heterocycles. The van der Waals surface area contributed by atoms with Gasteiger partial charge in [0.15, 0.2) is 0 Å². The first kappa shape index (κ1) is 51.7. The van der Waals surface area contributed by atoms with Crippen LogP contribution < -0.4 is 10.7 Å². The highest BCUT2D eigenvalue weighted by molar-refractivity contribution is 5.94. The van der Waals surface area contributed by atoms with Gasteiger partial charge in [-0.1, -0.05) is 33.8 Å². The number of nitrogens with zero attached hydrogens (tertiary/aromatic N) is 7. The normalized spacial score (nSPS) is 24.4. The number of piperidine rings is 1. The highest BCUT2D eigenvalue weighted by Gasteiger charge is 2.41. The molecule has 7 atom stereocenters. The molecule has 16 nitrogen and oxygen atoms in total. The van der Waals surface area contributed by atoms with E-state index >= 15 is 0 Å². The third-order valence-electron chi connectivity index (χ3n) is 14.0. The van der Waals surface area contributed by atoms with E-state index in [1.54, 1.807) is 36.3 Å². The number of rotatable bonds is 12. The Kier molecular flexibility index (Phi) is 16.4. The number of hydrogen-bond donors (Lipinski definition) is 2. The molecule has 0 aliphatic carbocycles. The molecule has 4 amide bonds. The lowest BCUT2D eigenvalue weighted by molar-refractivity contribution is -0.155. The van der Waals surface area contributed by atoms with Crippen molar-refractivity contribution in [3.8, 4) is 11.3 Å². The summed E-state index contributed by atoms with van der Waals surface area (Å²) < 4.78 is 63.1. The van der Waals surface area contributed by atoms with Gasteiger partial charge in [-0.15, -0.1) is 0 Å². The number of ether oxygens (including phenoxy) is 3. The van der Waals surface area contributed by atoms with E-state index in [-0.39, 0.29) is 50.1 Å². The molecule has 0 radical (unpaired) electrons. The summed E-state index contributed by atoms with van der Waals surface area (Å²) in [7, 11) is 3.14. The lowest BCUT2D eigenvalue weighted by Gasteiger charge is -2.39. The number of carbonyl (C=O) groups is 4. The number of hydrogen-bond acceptors (Lipinski definition) is 11. The molecule has 0 spiro atoms. The zero-order chi connectivity index (χ0) is 49.8. The minimum Gasteiger partial charge on any atom is -0.464 e. The van der Waals surface area contributed by atoms with Crippen molar-refractivity contribution in [3.05, 3.63) is 53.3 Å². The fourth-order valence-corrected chi connectivity index (χ4v) is 10.6. The van der Waals surface area contributed by atoms with Crippen LogP contribution in [0.5, 0.6) is 0 Å². The molecule has 2 N–H and O–H groups in total. The summed E-state index contributed by atoms with van der Waals surface area (Å²) in [5, 5.41) is 5.13. The Morgan fingerprint density at radius 2 is 1.84 bits per heavy atom. The Bertz CT molecular complexity index is 2340. The SMILES string of the molecule is C=NCCO[C@@H]1CCN(C(=O)N(C)[C@H](C(=O)N[C@H]2CN3CCC[C@@H](C3)c3ccc4c(c3)c(c(-c3cccnc3[C@H](C)OC)n4CC(F)(F)F)CC(C)(C)COC(=O)[C@@H]3CCCN(N3)C2=O)C(C)C)C1. The van der Waals surface area contributed by atoms with Crippen molar-refractivity contribution in [2.75, 3.05) is 73.2 Å². The van der Waals surface area contributed by atoms with E-state index in [2.05, 4.69) is 32.3 Å². The van der Waals surface area contributed by atoms with Crippen molar-refractivity contribution >= 4 is 41.4 Å². The maximum Gasteiger partial charge on any atom is 0.406 e. The van der Waals surface area contributed by atoms with E-state index in [0.29, 0.717) is 92.0 Å². The van der Waals surface area contributed by atoms with Gasteiger partial charge in [0.05, 0.1) is 43.4 Å². The summed E-state index contributed by atoms with van der Waals surface area (Å²) in [6.07, 6.45) is -0.290. The maximum atomic E-state index is 14.7. The van der Waals surface area contributed by atoms with Crippen molar-refractivity contribution in [1.29, 1.82) is 0 Å². The highest BCUT2D eigenvalue weighted by atomic mass is 19.4. The molecule has 1 unspecified atom stereocenters. The van der Waals surface area contributed by atoms with E-state index < -0.39 is 60.1 Å². The van der Waals surface area contributed by atoms with Gasteiger partial charge in [0, 0.05) is 75.0 Å². The van der Waals surface area contributed by atoms with Gasteiger partial charge in [-0.05, 0) is 106 Å². The predicted molar refractivity (Wildman–Crippen MR) is 255 cm³/mol. The van der Waals surface area contributed by atoms with Crippen LogP contribution in [0.4, 0.5) is 18.0 Å². The summed E-state index contributed by atoms with van der Waals surface area (Å²) >= 11 is 0. The molecule has 6 bridgehead atoms. The quantitative estimate of drug-likeness (QED) is 0.123. The number of likely N-dealkylation sites (tertiary alicyclic amines) is 1. The lowest BCUT2D eigenvalue weighted by Crippen LogP contribution is -2.64. The van der Waals surface area contributed by atoms with Gasteiger partial charge in [0.25, 0.3) is 5.91 Å². The number of amides is 4. The zero-order valence-corrected chi connectivity index (χ0v) is 41.1. The number of fused-ring (bicyclic) bond motifs is 6. The average molecular weight is 966 g/mol. The first-order valence-electron chi connectivity index (χ1n) is 24.3. The standard InChI is InChI=1S/C50H70F3N9O7/c1-31(2)43(58(7)48(66)60-22-17-35(27-60)68-23-19-54-6)45(63)56-40-28-59-20-10-12-34(26-59)33-15-16-41-37(24-33)38(25-49(4,5)30-69-47(65)39-14-11-21-62(57-39)46(40)64)44(61(41)29-50(51,52)53)36-13-9-18-55-42(36)32(3)67-8/h9,13,15-16,18,24,31-32,34-35,39-40,43,57H,6,10-12,14,17,19-23,25-30H2,1-5,7-8H3,(H,56,63)/t32-,34-,35+,39-,40-,43-/m0/s1. The number of nitrogens with one attached hydrogen (secondary N) is 2. The number of aliphatic imine (C=N–C) groups is 1. The number of esters is 1. The van der Waals surface area contributed by atoms with Gasteiger partial charge in [0.1, 0.15) is 24.7 Å². The van der Waals surface area contributed by atoms with Crippen molar-refractivity contribution in [1.82, 2.24) is 40.0 Å². The van der Waals surface area contributed by atoms with Crippen LogP contribution in [0.15, 0.2) is 41.5 Å². The molecule has 6 heterocycles. The van der Waals surface area contributed by atoms with Crippen LogP contribution in [0.1, 0.15) is 95.6 Å². The van der Waals surface area contributed by atoms with Crippen LogP contribution in [0.2, 0.25) is 0 Å². The summed E-state index contributed by atoms with van der Waals surface area (Å²) in [6, 6.07) is 6.00. The van der Waals surface area contributed by atoms with E-state index in [1.165, 1.54) is 21.6 Å². The minimum absolute atomic E-state index is 0.0573. The molecule has 378 valence electrons. The van der Waals surface area contributed by atoms with Gasteiger partial charge in [0.2, 0.25) is 5.91 Å². The Balaban J connectivity index is 1.25. The fraction of sp³-hybridized carbons (Fsp3) is 0.640. The summed E-state index contributed by atoms with van der Waals surface area (Å²) in [6.45, 7) is 14.8. The topological polar surface area (TPSA) is 163 Å². The number of halogens is 3. The summed E-state index contributed by atoms with van der Waals surface area (Å²) in [5.41, 5.74) is 5.78. The molecule has 3 fully saturated rings. The Morgan fingerprint density at radius 1 is 1.07 bits per heavy atom. The molecule has 2 aromatic heterocycles. The number of pyridine rings is 1. The number of cyclic esters (lactones) is 1. The number of carbonyl (C=O) groups excluding carboxylic acids is 4. The van der Waals surface area contributed by atoms with Crippen LogP contribution >= 0.6 is 0 Å². The smallest absolute Gasteiger partial charge is 0.406 e. The Labute approximate surface area is 403 Å². The first-order valence-corrected chi connectivity index (χ1v) is 24.3. The lowest BCUT2D eigenvalue weighted by atomic mass is 9.83. The molecule has 4 aliphatic rings. The minimum atomic E-state index is -4.56. The number of methoxy groups -OCH3 is 1. The number of urea groups is 1. The largest absolute Gasteiger partial charge is 0.464 e. The van der Waals surface area contributed by atoms with Gasteiger partial charge in [-0.2, -0.15) is 13.2 Å². The van der Waals surface area contributed by atoms with Crippen LogP contribution in [-0.4, -0.2) is 163 Å². The van der Waals surface area contributed by atoms with E-state index in [9.17, 15) is 32.3 Å². The average Bonchev–Trinajstić information content (AvgIpc) is 3.90. The molecule has 1 aromatic carbocycles. The maximum absolute atomic E-state index is 14.7.